The van der Waals surface area contributed by atoms with Gasteiger partial charge in [0.1, 0.15) is 0 Å². The summed E-state index contributed by atoms with van der Waals surface area (Å²) < 4.78 is 24.1. The van der Waals surface area contributed by atoms with Gasteiger partial charge in [0.05, 0.1) is 14.2 Å². The molecule has 0 amide bonds. The van der Waals surface area contributed by atoms with Crippen molar-refractivity contribution in [1.82, 2.24) is 15.1 Å². The molecule has 0 radical (unpaired) electrons. The highest BCUT2D eigenvalue weighted by Gasteiger charge is 2.20. The van der Waals surface area contributed by atoms with Crippen LogP contribution < -0.4 is 14.8 Å². The molecule has 2 N–H and O–H groups in total. The Labute approximate surface area is 189 Å². The zero-order valence-corrected chi connectivity index (χ0v) is 19.1. The number of methoxy groups -OCH3 is 2. The monoisotopic (exact) mass is 444 g/mol. The van der Waals surface area contributed by atoms with Crippen LogP contribution in [0.15, 0.2) is 41.4 Å². The molecule has 1 heterocycles. The molecule has 0 bridgehead atoms. The molecule has 0 aromatic heterocycles. The van der Waals surface area contributed by atoms with Crippen molar-refractivity contribution >= 4 is 5.96 Å². The zero-order chi connectivity index (χ0) is 22.9. The first-order valence-electron chi connectivity index (χ1n) is 11.0. The number of benzene rings is 2. The number of ether oxygens (including phenoxy) is 2. The van der Waals surface area contributed by atoms with Gasteiger partial charge in [0.15, 0.2) is 29.0 Å². The lowest BCUT2D eigenvalue weighted by Crippen LogP contribution is -2.52. The van der Waals surface area contributed by atoms with Crippen LogP contribution in [0.5, 0.6) is 17.2 Å². The second-order valence-corrected chi connectivity index (χ2v) is 7.72. The summed E-state index contributed by atoms with van der Waals surface area (Å²) in [7, 11) is 3.02. The smallest absolute Gasteiger partial charge is 0.194 e. The van der Waals surface area contributed by atoms with Crippen LogP contribution in [-0.4, -0.2) is 74.4 Å². The Kier molecular flexibility index (Phi) is 8.56. The van der Waals surface area contributed by atoms with Crippen molar-refractivity contribution in [2.24, 2.45) is 4.99 Å². The molecule has 0 spiro atoms. The first-order chi connectivity index (χ1) is 15.5. The van der Waals surface area contributed by atoms with Crippen molar-refractivity contribution in [2.75, 3.05) is 53.5 Å². The average Bonchev–Trinajstić information content (AvgIpc) is 2.80. The SMILES string of the molecule is CCNC(=NCCc1ccc(O)c(OC)c1)N1CCN(Cc2ccc(OC)c(F)c2)CC1. The van der Waals surface area contributed by atoms with E-state index >= 15 is 0 Å². The lowest BCUT2D eigenvalue weighted by Gasteiger charge is -2.36. The molecule has 32 heavy (non-hydrogen) atoms. The van der Waals surface area contributed by atoms with Gasteiger partial charge < -0.3 is 24.8 Å². The minimum Gasteiger partial charge on any atom is -0.504 e. The highest BCUT2D eigenvalue weighted by molar-refractivity contribution is 5.80. The van der Waals surface area contributed by atoms with Crippen LogP contribution >= 0.6 is 0 Å². The lowest BCUT2D eigenvalue weighted by molar-refractivity contribution is 0.172. The fraction of sp³-hybridized carbons (Fsp3) is 0.458. The third kappa shape index (κ3) is 6.26. The van der Waals surface area contributed by atoms with E-state index in [1.165, 1.54) is 7.11 Å². The van der Waals surface area contributed by atoms with E-state index < -0.39 is 0 Å². The number of piperazine rings is 1. The summed E-state index contributed by atoms with van der Waals surface area (Å²) in [5.74, 6) is 1.48. The van der Waals surface area contributed by atoms with E-state index in [4.69, 9.17) is 14.5 Å². The van der Waals surface area contributed by atoms with Gasteiger partial charge in [0.25, 0.3) is 0 Å². The summed E-state index contributed by atoms with van der Waals surface area (Å²) in [6.45, 7) is 7.70. The fourth-order valence-corrected chi connectivity index (χ4v) is 3.78. The maximum atomic E-state index is 14.0. The Morgan fingerprint density at radius 3 is 2.41 bits per heavy atom. The number of phenolic OH excluding ortho intramolecular Hbond substituents is 1. The number of hydrogen-bond acceptors (Lipinski definition) is 5. The second kappa shape index (κ2) is 11.6. The molecule has 1 fully saturated rings. The third-order valence-corrected chi connectivity index (χ3v) is 5.54. The second-order valence-electron chi connectivity index (χ2n) is 7.72. The van der Waals surface area contributed by atoms with E-state index in [9.17, 15) is 9.50 Å². The standard InChI is InChI=1S/C24H33FN4O3/c1-4-26-24(27-10-9-18-5-7-21(30)23(16-18)32-3)29-13-11-28(12-14-29)17-19-6-8-22(31-2)20(25)15-19/h5-8,15-16,30H,4,9-14,17H2,1-3H3,(H,26,27). The number of nitrogens with one attached hydrogen (secondary N) is 1. The number of phenols is 1. The number of hydrogen-bond donors (Lipinski definition) is 2. The Morgan fingerprint density at radius 1 is 1.03 bits per heavy atom. The third-order valence-electron chi connectivity index (χ3n) is 5.54. The van der Waals surface area contributed by atoms with Gasteiger partial charge in [-0.25, -0.2) is 4.39 Å². The molecule has 2 aromatic carbocycles. The molecule has 174 valence electrons. The van der Waals surface area contributed by atoms with E-state index in [0.29, 0.717) is 18.8 Å². The van der Waals surface area contributed by atoms with Gasteiger partial charge >= 0.3 is 0 Å². The average molecular weight is 445 g/mol. The topological polar surface area (TPSA) is 69.6 Å². The number of rotatable bonds is 8. The maximum Gasteiger partial charge on any atom is 0.194 e. The van der Waals surface area contributed by atoms with Crippen LogP contribution in [0.2, 0.25) is 0 Å². The van der Waals surface area contributed by atoms with Gasteiger partial charge in [-0.1, -0.05) is 12.1 Å². The Balaban J connectivity index is 1.53. The molecule has 8 heteroatoms. The summed E-state index contributed by atoms with van der Waals surface area (Å²) in [5.41, 5.74) is 2.01. The molecule has 1 aliphatic rings. The quantitative estimate of drug-likeness (QED) is 0.482. The molecule has 7 nitrogen and oxygen atoms in total. The van der Waals surface area contributed by atoms with E-state index in [1.807, 2.05) is 18.2 Å². The largest absolute Gasteiger partial charge is 0.504 e. The molecule has 0 saturated carbocycles. The van der Waals surface area contributed by atoms with E-state index in [0.717, 1.165) is 56.2 Å². The van der Waals surface area contributed by atoms with Crippen molar-refractivity contribution in [1.29, 1.82) is 0 Å². The molecule has 0 aliphatic carbocycles. The molecular formula is C24H33FN4O3. The molecular weight excluding hydrogens is 411 g/mol. The normalized spacial score (nSPS) is 15.0. The van der Waals surface area contributed by atoms with Crippen molar-refractivity contribution in [3.63, 3.8) is 0 Å². The summed E-state index contributed by atoms with van der Waals surface area (Å²) in [4.78, 5) is 9.39. The van der Waals surface area contributed by atoms with Crippen LogP contribution in [-0.2, 0) is 13.0 Å². The predicted molar refractivity (Wildman–Crippen MR) is 124 cm³/mol. The van der Waals surface area contributed by atoms with Crippen molar-refractivity contribution in [3.8, 4) is 17.2 Å². The molecule has 0 atom stereocenters. The Hall–Kier alpha value is -3.00. The summed E-state index contributed by atoms with van der Waals surface area (Å²) >= 11 is 0. The number of nitrogens with zero attached hydrogens (tertiary/aromatic N) is 3. The Bertz CT molecular complexity index is 914. The van der Waals surface area contributed by atoms with Gasteiger partial charge in [-0.05, 0) is 48.7 Å². The van der Waals surface area contributed by atoms with Gasteiger partial charge in [0, 0.05) is 45.8 Å². The molecule has 3 rings (SSSR count). The highest BCUT2D eigenvalue weighted by Crippen LogP contribution is 2.26. The summed E-state index contributed by atoms with van der Waals surface area (Å²) in [5, 5.41) is 13.1. The maximum absolute atomic E-state index is 14.0. The van der Waals surface area contributed by atoms with E-state index in [2.05, 4.69) is 22.0 Å². The fourth-order valence-electron chi connectivity index (χ4n) is 3.78. The molecule has 1 aliphatic heterocycles. The number of aliphatic imine (C=N–C) groups is 1. The van der Waals surface area contributed by atoms with Gasteiger partial charge in [-0.15, -0.1) is 0 Å². The number of aromatic hydroxyl groups is 1. The first-order valence-corrected chi connectivity index (χ1v) is 11.0. The molecule has 0 unspecified atom stereocenters. The lowest BCUT2D eigenvalue weighted by atomic mass is 10.1. The van der Waals surface area contributed by atoms with Crippen molar-refractivity contribution in [2.45, 2.75) is 19.9 Å². The van der Waals surface area contributed by atoms with Crippen LogP contribution in [0.25, 0.3) is 0 Å². The van der Waals surface area contributed by atoms with Crippen LogP contribution in [0.4, 0.5) is 4.39 Å². The van der Waals surface area contributed by atoms with Crippen LogP contribution in [0.3, 0.4) is 0 Å². The van der Waals surface area contributed by atoms with E-state index in [-0.39, 0.29) is 17.3 Å². The number of halogens is 1. The van der Waals surface area contributed by atoms with Gasteiger partial charge in [0.2, 0.25) is 0 Å². The highest BCUT2D eigenvalue weighted by atomic mass is 19.1. The Morgan fingerprint density at radius 2 is 1.75 bits per heavy atom. The summed E-state index contributed by atoms with van der Waals surface area (Å²) in [6.07, 6.45) is 0.758. The predicted octanol–water partition coefficient (Wildman–Crippen LogP) is 2.87. The van der Waals surface area contributed by atoms with Gasteiger partial charge in [-0.2, -0.15) is 0 Å². The minimum atomic E-state index is -0.323. The number of guanidine groups is 1. The van der Waals surface area contributed by atoms with Crippen molar-refractivity contribution in [3.05, 3.63) is 53.3 Å². The van der Waals surface area contributed by atoms with Crippen molar-refractivity contribution < 1.29 is 19.0 Å². The summed E-state index contributed by atoms with van der Waals surface area (Å²) in [6, 6.07) is 10.5. The van der Waals surface area contributed by atoms with E-state index in [1.54, 1.807) is 25.3 Å². The van der Waals surface area contributed by atoms with Crippen LogP contribution in [0.1, 0.15) is 18.1 Å². The molecule has 1 saturated heterocycles. The first kappa shape index (κ1) is 23.7. The zero-order valence-electron chi connectivity index (χ0n) is 19.1. The van der Waals surface area contributed by atoms with Gasteiger partial charge in [-0.3, -0.25) is 9.89 Å². The van der Waals surface area contributed by atoms with Crippen LogP contribution in [0, 0.1) is 5.82 Å². The molecule has 2 aromatic rings. The minimum absolute atomic E-state index is 0.142.